The zero-order valence-electron chi connectivity index (χ0n) is 13.3. The maximum absolute atomic E-state index is 12.4. The molecule has 1 saturated heterocycles. The number of amides is 2. The highest BCUT2D eigenvalue weighted by Gasteiger charge is 2.39. The molecule has 2 rings (SSSR count). The molecule has 1 aliphatic rings. The Bertz CT molecular complexity index is 570. The Morgan fingerprint density at radius 2 is 2.00 bits per heavy atom. The monoisotopic (exact) mass is 307 g/mol. The largest absolute Gasteiger partial charge is 0.493 e. The van der Waals surface area contributed by atoms with Crippen LogP contribution in [0.5, 0.6) is 11.5 Å². The maximum Gasteiger partial charge on any atom is 0.416 e. The van der Waals surface area contributed by atoms with E-state index in [9.17, 15) is 9.59 Å². The van der Waals surface area contributed by atoms with Crippen molar-refractivity contribution < 1.29 is 23.8 Å². The molecule has 6 nitrogen and oxygen atoms in total. The van der Waals surface area contributed by atoms with Gasteiger partial charge in [-0.1, -0.05) is 19.9 Å². The number of methoxy groups -OCH3 is 2. The molecule has 0 aromatic heterocycles. The van der Waals surface area contributed by atoms with Gasteiger partial charge >= 0.3 is 6.09 Å². The number of hydrogen-bond acceptors (Lipinski definition) is 5. The summed E-state index contributed by atoms with van der Waals surface area (Å²) in [6.45, 7) is 4.18. The summed E-state index contributed by atoms with van der Waals surface area (Å²) in [5, 5.41) is 0. The van der Waals surface area contributed by atoms with E-state index in [4.69, 9.17) is 14.2 Å². The van der Waals surface area contributed by atoms with Gasteiger partial charge in [0.25, 0.3) is 0 Å². The summed E-state index contributed by atoms with van der Waals surface area (Å²) < 4.78 is 15.4. The van der Waals surface area contributed by atoms with Crippen LogP contribution in [0.15, 0.2) is 18.2 Å². The first-order valence-electron chi connectivity index (χ1n) is 7.17. The Kier molecular flexibility index (Phi) is 4.90. The minimum absolute atomic E-state index is 0.110. The zero-order chi connectivity index (χ0) is 16.3. The molecule has 0 bridgehead atoms. The third-order valence-corrected chi connectivity index (χ3v) is 3.75. The van der Waals surface area contributed by atoms with Crippen molar-refractivity contribution in [2.75, 3.05) is 20.8 Å². The molecule has 0 aliphatic carbocycles. The van der Waals surface area contributed by atoms with Gasteiger partial charge in [-0.3, -0.25) is 4.79 Å². The van der Waals surface area contributed by atoms with E-state index < -0.39 is 6.09 Å². The van der Waals surface area contributed by atoms with E-state index in [2.05, 4.69) is 0 Å². The van der Waals surface area contributed by atoms with E-state index in [0.717, 1.165) is 5.56 Å². The van der Waals surface area contributed by atoms with Gasteiger partial charge in [-0.15, -0.1) is 0 Å². The molecule has 6 heteroatoms. The van der Waals surface area contributed by atoms with Gasteiger partial charge < -0.3 is 14.2 Å². The summed E-state index contributed by atoms with van der Waals surface area (Å²) >= 11 is 0. The molecule has 1 atom stereocenters. The van der Waals surface area contributed by atoms with Crippen LogP contribution in [0.2, 0.25) is 0 Å². The molecule has 1 heterocycles. The summed E-state index contributed by atoms with van der Waals surface area (Å²) in [6, 6.07) is 5.05. The number of cyclic esters (lactones) is 1. The van der Waals surface area contributed by atoms with Gasteiger partial charge in [-0.05, 0) is 23.6 Å². The van der Waals surface area contributed by atoms with Crippen molar-refractivity contribution in [1.29, 1.82) is 0 Å². The van der Waals surface area contributed by atoms with E-state index >= 15 is 0 Å². The minimum atomic E-state index is -0.566. The summed E-state index contributed by atoms with van der Waals surface area (Å²) in [5.41, 5.74) is 0.754. The van der Waals surface area contributed by atoms with Crippen molar-refractivity contribution in [3.8, 4) is 11.5 Å². The van der Waals surface area contributed by atoms with Crippen LogP contribution in [0.4, 0.5) is 4.79 Å². The lowest BCUT2D eigenvalue weighted by molar-refractivity contribution is -0.129. The van der Waals surface area contributed by atoms with Crippen LogP contribution < -0.4 is 9.47 Å². The summed E-state index contributed by atoms with van der Waals surface area (Å²) in [6.07, 6.45) is -0.456. The van der Waals surface area contributed by atoms with Crippen LogP contribution in [-0.2, 0) is 16.0 Å². The molecule has 1 aliphatic heterocycles. The lowest BCUT2D eigenvalue weighted by atomic mass is 10.0. The second kappa shape index (κ2) is 6.68. The molecule has 0 spiro atoms. The Labute approximate surface area is 129 Å². The maximum atomic E-state index is 12.4. The minimum Gasteiger partial charge on any atom is -0.493 e. The van der Waals surface area contributed by atoms with E-state index in [1.807, 2.05) is 13.8 Å². The van der Waals surface area contributed by atoms with Gasteiger partial charge in [0.1, 0.15) is 6.61 Å². The van der Waals surface area contributed by atoms with Gasteiger partial charge in [0, 0.05) is 0 Å². The van der Waals surface area contributed by atoms with Crippen LogP contribution >= 0.6 is 0 Å². The van der Waals surface area contributed by atoms with Crippen LogP contribution in [0.3, 0.4) is 0 Å². The normalized spacial score (nSPS) is 17.6. The standard InChI is InChI=1S/C16H21NO5/c1-10(2)12-9-22-16(19)17(12)15(18)8-11-5-6-13(20-3)14(7-11)21-4/h5-7,10,12H,8-9H2,1-4H3. The molecule has 1 unspecified atom stereocenters. The molecule has 120 valence electrons. The number of imide groups is 1. The van der Waals surface area contributed by atoms with Crippen LogP contribution in [0.25, 0.3) is 0 Å². The predicted molar refractivity (Wildman–Crippen MR) is 80.1 cm³/mol. The summed E-state index contributed by atoms with van der Waals surface area (Å²) in [4.78, 5) is 25.5. The molecular formula is C16H21NO5. The first-order valence-corrected chi connectivity index (χ1v) is 7.17. The number of benzene rings is 1. The van der Waals surface area contributed by atoms with Crippen LogP contribution in [0, 0.1) is 5.92 Å². The number of nitrogens with zero attached hydrogens (tertiary/aromatic N) is 1. The number of rotatable bonds is 5. The fraction of sp³-hybridized carbons (Fsp3) is 0.500. The number of ether oxygens (including phenoxy) is 3. The van der Waals surface area contributed by atoms with Crippen molar-refractivity contribution in [2.24, 2.45) is 5.92 Å². The Morgan fingerprint density at radius 1 is 1.32 bits per heavy atom. The van der Waals surface area contributed by atoms with Gasteiger partial charge in [0.2, 0.25) is 5.91 Å². The van der Waals surface area contributed by atoms with Gasteiger partial charge in [-0.2, -0.15) is 0 Å². The van der Waals surface area contributed by atoms with E-state index in [0.29, 0.717) is 11.5 Å². The Hall–Kier alpha value is -2.24. The van der Waals surface area contributed by atoms with Crippen molar-refractivity contribution in [1.82, 2.24) is 4.90 Å². The highest BCUT2D eigenvalue weighted by atomic mass is 16.6. The molecule has 0 saturated carbocycles. The number of hydrogen-bond donors (Lipinski definition) is 0. The second-order valence-corrected chi connectivity index (χ2v) is 5.52. The van der Waals surface area contributed by atoms with E-state index in [1.54, 1.807) is 25.3 Å². The van der Waals surface area contributed by atoms with Crippen LogP contribution in [0.1, 0.15) is 19.4 Å². The fourth-order valence-electron chi connectivity index (χ4n) is 2.46. The molecule has 1 fully saturated rings. The molecule has 1 aromatic carbocycles. The Morgan fingerprint density at radius 3 is 2.59 bits per heavy atom. The number of carbonyl (C=O) groups excluding carboxylic acids is 2. The number of carbonyl (C=O) groups is 2. The van der Waals surface area contributed by atoms with E-state index in [1.165, 1.54) is 12.0 Å². The predicted octanol–water partition coefficient (Wildman–Crippen LogP) is 2.25. The first kappa shape index (κ1) is 16.1. The third-order valence-electron chi connectivity index (χ3n) is 3.75. The quantitative estimate of drug-likeness (QED) is 0.835. The van der Waals surface area contributed by atoms with Crippen molar-refractivity contribution >= 4 is 12.0 Å². The third kappa shape index (κ3) is 3.16. The molecule has 22 heavy (non-hydrogen) atoms. The molecule has 0 N–H and O–H groups in total. The van der Waals surface area contributed by atoms with Gasteiger partial charge in [-0.25, -0.2) is 9.69 Å². The second-order valence-electron chi connectivity index (χ2n) is 5.52. The SMILES string of the molecule is COc1ccc(CC(=O)N2C(=O)OCC2C(C)C)cc1OC. The van der Waals surface area contributed by atoms with Crippen LogP contribution in [-0.4, -0.2) is 43.8 Å². The molecule has 0 radical (unpaired) electrons. The zero-order valence-corrected chi connectivity index (χ0v) is 13.3. The average Bonchev–Trinajstić information content (AvgIpc) is 2.89. The lowest BCUT2D eigenvalue weighted by Gasteiger charge is -2.22. The smallest absolute Gasteiger partial charge is 0.416 e. The van der Waals surface area contributed by atoms with E-state index in [-0.39, 0.29) is 30.9 Å². The average molecular weight is 307 g/mol. The fourth-order valence-corrected chi connectivity index (χ4v) is 2.46. The highest BCUT2D eigenvalue weighted by Crippen LogP contribution is 2.28. The first-order chi connectivity index (χ1) is 10.5. The summed E-state index contributed by atoms with van der Waals surface area (Å²) in [5.74, 6) is 1.03. The van der Waals surface area contributed by atoms with Gasteiger partial charge in [0.05, 0.1) is 26.7 Å². The topological polar surface area (TPSA) is 65.1 Å². The van der Waals surface area contributed by atoms with Crippen molar-refractivity contribution in [3.05, 3.63) is 23.8 Å². The molecule has 2 amide bonds. The van der Waals surface area contributed by atoms with Crippen molar-refractivity contribution in [2.45, 2.75) is 26.3 Å². The van der Waals surface area contributed by atoms with Gasteiger partial charge in [0.15, 0.2) is 11.5 Å². The highest BCUT2D eigenvalue weighted by molar-refractivity contribution is 5.94. The Balaban J connectivity index is 2.16. The molecular weight excluding hydrogens is 286 g/mol. The van der Waals surface area contributed by atoms with Crippen molar-refractivity contribution in [3.63, 3.8) is 0 Å². The molecule has 1 aromatic rings. The summed E-state index contributed by atoms with van der Waals surface area (Å²) in [7, 11) is 3.09. The lowest BCUT2D eigenvalue weighted by Crippen LogP contribution is -2.42.